The molecule has 0 saturated carbocycles. The number of fused-ring (bicyclic) bond motifs is 3. The summed E-state index contributed by atoms with van der Waals surface area (Å²) in [6, 6.07) is 1.46. The van der Waals surface area contributed by atoms with E-state index in [4.69, 9.17) is 4.74 Å². The van der Waals surface area contributed by atoms with Gasteiger partial charge in [-0.15, -0.1) is 11.3 Å². The van der Waals surface area contributed by atoms with Gasteiger partial charge in [0.05, 0.1) is 11.9 Å². The zero-order valence-electron chi connectivity index (χ0n) is 14.1. The SMILES string of the molecule is Cc1c(C(=O)OCc2cc(=O)n3c4c(sc3n2)CCCC4)cnn1C. The van der Waals surface area contributed by atoms with Crippen molar-refractivity contribution < 1.29 is 9.53 Å². The lowest BCUT2D eigenvalue weighted by Gasteiger charge is -2.10. The third-order valence-electron chi connectivity index (χ3n) is 4.62. The Balaban J connectivity index is 1.59. The first kappa shape index (κ1) is 16.0. The van der Waals surface area contributed by atoms with Crippen molar-refractivity contribution in [2.24, 2.45) is 7.05 Å². The fourth-order valence-corrected chi connectivity index (χ4v) is 4.36. The number of thiazole rings is 1. The van der Waals surface area contributed by atoms with Crippen LogP contribution in [-0.2, 0) is 31.2 Å². The average Bonchev–Trinajstić information content (AvgIpc) is 3.13. The van der Waals surface area contributed by atoms with Crippen molar-refractivity contribution in [3.63, 3.8) is 0 Å². The highest BCUT2D eigenvalue weighted by molar-refractivity contribution is 7.17. The monoisotopic (exact) mass is 358 g/mol. The van der Waals surface area contributed by atoms with E-state index in [-0.39, 0.29) is 12.2 Å². The molecule has 0 bridgehead atoms. The van der Waals surface area contributed by atoms with Gasteiger partial charge in [-0.05, 0) is 32.6 Å². The largest absolute Gasteiger partial charge is 0.455 e. The minimum Gasteiger partial charge on any atom is -0.455 e. The molecule has 1 aliphatic rings. The molecule has 3 aromatic heterocycles. The van der Waals surface area contributed by atoms with Crippen LogP contribution in [0.2, 0.25) is 0 Å². The Labute approximate surface area is 147 Å². The van der Waals surface area contributed by atoms with Gasteiger partial charge in [-0.1, -0.05) is 0 Å². The van der Waals surface area contributed by atoms with E-state index in [1.54, 1.807) is 34.4 Å². The molecule has 7 nitrogen and oxygen atoms in total. The zero-order chi connectivity index (χ0) is 17.6. The second-order valence-electron chi connectivity index (χ2n) is 6.23. The van der Waals surface area contributed by atoms with Crippen LogP contribution >= 0.6 is 11.3 Å². The topological polar surface area (TPSA) is 78.5 Å². The number of carbonyl (C=O) groups excluding carboxylic acids is 1. The van der Waals surface area contributed by atoms with Crippen molar-refractivity contribution in [2.75, 3.05) is 0 Å². The quantitative estimate of drug-likeness (QED) is 0.670. The fraction of sp³-hybridized carbons (Fsp3) is 0.412. The molecule has 0 atom stereocenters. The van der Waals surface area contributed by atoms with Crippen molar-refractivity contribution in [1.82, 2.24) is 19.2 Å². The summed E-state index contributed by atoms with van der Waals surface area (Å²) in [6.07, 6.45) is 5.67. The first-order chi connectivity index (χ1) is 12.0. The Bertz CT molecular complexity index is 1030. The summed E-state index contributed by atoms with van der Waals surface area (Å²) in [5.41, 5.74) is 2.62. The number of esters is 1. The standard InChI is InChI=1S/C17H18N4O3S/c1-10-12(8-18-20(10)2)16(23)24-9-11-7-15(22)21-13-5-3-4-6-14(13)25-17(21)19-11/h7-8H,3-6,9H2,1-2H3. The molecule has 0 saturated heterocycles. The lowest BCUT2D eigenvalue weighted by Crippen LogP contribution is -2.18. The maximum Gasteiger partial charge on any atom is 0.342 e. The molecule has 0 amide bonds. The van der Waals surface area contributed by atoms with Gasteiger partial charge in [0.15, 0.2) is 4.96 Å². The van der Waals surface area contributed by atoms with Gasteiger partial charge < -0.3 is 4.74 Å². The number of carbonyl (C=O) groups is 1. The first-order valence-corrected chi connectivity index (χ1v) is 9.05. The van der Waals surface area contributed by atoms with Gasteiger partial charge in [-0.3, -0.25) is 13.9 Å². The molecule has 0 aromatic carbocycles. The second kappa shape index (κ2) is 6.11. The maximum absolute atomic E-state index is 12.5. The van der Waals surface area contributed by atoms with E-state index in [9.17, 15) is 9.59 Å². The lowest BCUT2D eigenvalue weighted by molar-refractivity contribution is 0.0466. The maximum atomic E-state index is 12.5. The summed E-state index contributed by atoms with van der Waals surface area (Å²) in [7, 11) is 1.76. The van der Waals surface area contributed by atoms with Gasteiger partial charge in [-0.25, -0.2) is 9.78 Å². The van der Waals surface area contributed by atoms with Crippen LogP contribution in [0, 0.1) is 6.92 Å². The molecule has 0 unspecified atom stereocenters. The van der Waals surface area contributed by atoms with Crippen molar-refractivity contribution in [3.05, 3.63) is 50.1 Å². The Morgan fingerprint density at radius 1 is 1.36 bits per heavy atom. The van der Waals surface area contributed by atoms with Crippen molar-refractivity contribution >= 4 is 22.3 Å². The van der Waals surface area contributed by atoms with E-state index in [0.29, 0.717) is 16.2 Å². The van der Waals surface area contributed by atoms with Crippen LogP contribution < -0.4 is 5.56 Å². The Kier molecular flexibility index (Phi) is 3.91. The number of aromatic nitrogens is 4. The molecule has 130 valence electrons. The summed E-state index contributed by atoms with van der Waals surface area (Å²) in [5, 5.41) is 4.03. The minimum atomic E-state index is -0.460. The third kappa shape index (κ3) is 2.76. The summed E-state index contributed by atoms with van der Waals surface area (Å²) in [4.78, 5) is 31.1. The van der Waals surface area contributed by atoms with Crippen LogP contribution in [-0.4, -0.2) is 25.1 Å². The van der Waals surface area contributed by atoms with Gasteiger partial charge in [0.2, 0.25) is 0 Å². The highest BCUT2D eigenvalue weighted by atomic mass is 32.1. The Hall–Kier alpha value is -2.48. The predicted molar refractivity (Wildman–Crippen MR) is 93.0 cm³/mol. The van der Waals surface area contributed by atoms with Crippen LogP contribution in [0.5, 0.6) is 0 Å². The van der Waals surface area contributed by atoms with E-state index in [0.717, 1.165) is 37.1 Å². The van der Waals surface area contributed by atoms with Crippen LogP contribution in [0.3, 0.4) is 0 Å². The molecule has 0 radical (unpaired) electrons. The fourth-order valence-electron chi connectivity index (χ4n) is 3.13. The molecular weight excluding hydrogens is 340 g/mol. The van der Waals surface area contributed by atoms with Crippen LogP contribution in [0.1, 0.15) is 45.2 Å². The van der Waals surface area contributed by atoms with Gasteiger partial charge in [0.25, 0.3) is 5.56 Å². The molecular formula is C17H18N4O3S. The number of hydrogen-bond donors (Lipinski definition) is 0. The van der Waals surface area contributed by atoms with Crippen LogP contribution in [0.4, 0.5) is 0 Å². The number of ether oxygens (including phenoxy) is 1. The van der Waals surface area contributed by atoms with E-state index < -0.39 is 5.97 Å². The average molecular weight is 358 g/mol. The van der Waals surface area contributed by atoms with Gasteiger partial charge in [0.1, 0.15) is 12.2 Å². The third-order valence-corrected chi connectivity index (χ3v) is 5.76. The Morgan fingerprint density at radius 2 is 2.16 bits per heavy atom. The van der Waals surface area contributed by atoms with Crippen LogP contribution in [0.15, 0.2) is 17.1 Å². The minimum absolute atomic E-state index is 0.0263. The summed E-state index contributed by atoms with van der Waals surface area (Å²) in [5.74, 6) is -0.460. The molecule has 4 rings (SSSR count). The number of rotatable bonds is 3. The van der Waals surface area contributed by atoms with E-state index in [1.807, 2.05) is 0 Å². The van der Waals surface area contributed by atoms with E-state index in [1.165, 1.54) is 17.1 Å². The molecule has 8 heteroatoms. The van der Waals surface area contributed by atoms with E-state index >= 15 is 0 Å². The van der Waals surface area contributed by atoms with Crippen molar-refractivity contribution in [1.29, 1.82) is 0 Å². The molecule has 0 fully saturated rings. The molecule has 25 heavy (non-hydrogen) atoms. The molecule has 0 spiro atoms. The molecule has 1 aliphatic carbocycles. The van der Waals surface area contributed by atoms with Gasteiger partial charge in [-0.2, -0.15) is 5.10 Å². The molecule has 3 aromatic rings. The van der Waals surface area contributed by atoms with Crippen molar-refractivity contribution in [2.45, 2.75) is 39.2 Å². The summed E-state index contributed by atoms with van der Waals surface area (Å²) in [6.45, 7) is 1.78. The predicted octanol–water partition coefficient (Wildman–Crippen LogP) is 2.03. The number of nitrogens with zero attached hydrogens (tertiary/aromatic N) is 4. The Morgan fingerprint density at radius 3 is 2.92 bits per heavy atom. The number of hydrogen-bond acceptors (Lipinski definition) is 6. The molecule has 0 N–H and O–H groups in total. The van der Waals surface area contributed by atoms with Gasteiger partial charge in [0, 0.05) is 29.4 Å². The molecule has 0 aliphatic heterocycles. The number of aryl methyl sites for hydroxylation is 3. The lowest BCUT2D eigenvalue weighted by atomic mass is 10.0. The smallest absolute Gasteiger partial charge is 0.342 e. The molecule has 3 heterocycles. The van der Waals surface area contributed by atoms with Crippen LogP contribution in [0.25, 0.3) is 4.96 Å². The van der Waals surface area contributed by atoms with E-state index in [2.05, 4.69) is 10.1 Å². The van der Waals surface area contributed by atoms with Crippen molar-refractivity contribution in [3.8, 4) is 0 Å². The highest BCUT2D eigenvalue weighted by Crippen LogP contribution is 2.28. The zero-order valence-corrected chi connectivity index (χ0v) is 14.9. The second-order valence-corrected chi connectivity index (χ2v) is 7.29. The summed E-state index contributed by atoms with van der Waals surface area (Å²) >= 11 is 1.56. The highest BCUT2D eigenvalue weighted by Gasteiger charge is 2.19. The summed E-state index contributed by atoms with van der Waals surface area (Å²) < 4.78 is 8.63. The van der Waals surface area contributed by atoms with Gasteiger partial charge >= 0.3 is 5.97 Å². The first-order valence-electron chi connectivity index (χ1n) is 8.23. The normalized spacial score (nSPS) is 13.8.